The highest BCUT2D eigenvalue weighted by atomic mass is 14.2. The summed E-state index contributed by atoms with van der Waals surface area (Å²) in [5, 5.41) is 15.4. The van der Waals surface area contributed by atoms with Crippen LogP contribution in [0.5, 0.6) is 0 Å². The first kappa shape index (κ1) is 25.4. The molecular formula is C46H28. The molecule has 0 bridgehead atoms. The zero-order valence-electron chi connectivity index (χ0n) is 25.2. The molecule has 0 aliphatic rings. The highest BCUT2D eigenvalue weighted by Gasteiger charge is 2.19. The average molecular weight is 581 g/mol. The van der Waals surface area contributed by atoms with Crippen molar-refractivity contribution in [1.29, 1.82) is 0 Å². The molecule has 0 nitrogen and oxygen atoms in total. The predicted molar refractivity (Wildman–Crippen MR) is 199 cm³/mol. The molecule has 0 aliphatic carbocycles. The van der Waals surface area contributed by atoms with Gasteiger partial charge in [-0.05, 0) is 116 Å². The van der Waals surface area contributed by atoms with E-state index in [4.69, 9.17) is 0 Å². The number of benzene rings is 10. The Kier molecular flexibility index (Phi) is 5.38. The van der Waals surface area contributed by atoms with Crippen molar-refractivity contribution in [2.45, 2.75) is 0 Å². The Morgan fingerprint density at radius 1 is 0.217 bits per heavy atom. The Morgan fingerprint density at radius 2 is 0.739 bits per heavy atom. The van der Waals surface area contributed by atoms with Gasteiger partial charge in [-0.15, -0.1) is 0 Å². The summed E-state index contributed by atoms with van der Waals surface area (Å²) in [6, 6.07) is 63.0. The van der Waals surface area contributed by atoms with Crippen LogP contribution >= 0.6 is 0 Å². The molecule has 0 fully saturated rings. The maximum absolute atomic E-state index is 2.44. The lowest BCUT2D eigenvalue weighted by molar-refractivity contribution is 1.66. The van der Waals surface area contributed by atoms with Crippen LogP contribution in [0, 0.1) is 0 Å². The number of rotatable bonds is 3. The number of hydrogen-bond donors (Lipinski definition) is 0. The van der Waals surface area contributed by atoms with Crippen LogP contribution in [-0.4, -0.2) is 0 Å². The fourth-order valence-electron chi connectivity index (χ4n) is 7.78. The Hall–Kier alpha value is -5.98. The summed E-state index contributed by atoms with van der Waals surface area (Å²) < 4.78 is 0. The minimum atomic E-state index is 1.24. The van der Waals surface area contributed by atoms with Crippen LogP contribution in [0.3, 0.4) is 0 Å². The molecule has 0 spiro atoms. The SMILES string of the molecule is c1ccc2cc(-c3ccc4ccc5c(-c6ccc7ccccc7c6)cc(-c6cccc7ccccc67)c6ccc3c4c56)ccc2c1. The summed E-state index contributed by atoms with van der Waals surface area (Å²) in [4.78, 5) is 0. The summed E-state index contributed by atoms with van der Waals surface area (Å²) in [6.07, 6.45) is 0. The molecular weight excluding hydrogens is 553 g/mol. The third kappa shape index (κ3) is 3.74. The van der Waals surface area contributed by atoms with Crippen molar-refractivity contribution in [1.82, 2.24) is 0 Å². The topological polar surface area (TPSA) is 0 Å². The second-order valence-electron chi connectivity index (χ2n) is 12.5. The highest BCUT2D eigenvalue weighted by Crippen LogP contribution is 2.47. The van der Waals surface area contributed by atoms with Crippen LogP contribution in [0.25, 0.3) is 98.0 Å². The summed E-state index contributed by atoms with van der Waals surface area (Å²) in [5.74, 6) is 0. The maximum Gasteiger partial charge on any atom is -0.00141 e. The molecule has 0 N–H and O–H groups in total. The lowest BCUT2D eigenvalue weighted by Crippen LogP contribution is -1.93. The van der Waals surface area contributed by atoms with Crippen LogP contribution in [0.4, 0.5) is 0 Å². The van der Waals surface area contributed by atoms with Gasteiger partial charge in [0.2, 0.25) is 0 Å². The molecule has 0 amide bonds. The molecule has 10 aromatic carbocycles. The molecule has 0 aliphatic heterocycles. The normalized spacial score (nSPS) is 11.9. The van der Waals surface area contributed by atoms with Crippen molar-refractivity contribution in [3.05, 3.63) is 170 Å². The second kappa shape index (κ2) is 9.76. The zero-order chi connectivity index (χ0) is 30.2. The largest absolute Gasteiger partial charge is 0.0616 e. The quantitative estimate of drug-likeness (QED) is 0.182. The van der Waals surface area contributed by atoms with Gasteiger partial charge in [-0.3, -0.25) is 0 Å². The van der Waals surface area contributed by atoms with Crippen molar-refractivity contribution in [3.8, 4) is 33.4 Å². The van der Waals surface area contributed by atoms with E-state index < -0.39 is 0 Å². The Labute approximate surface area is 267 Å². The van der Waals surface area contributed by atoms with Gasteiger partial charge in [0.05, 0.1) is 0 Å². The van der Waals surface area contributed by atoms with Crippen LogP contribution in [0.1, 0.15) is 0 Å². The van der Waals surface area contributed by atoms with Gasteiger partial charge < -0.3 is 0 Å². The fraction of sp³-hybridized carbons (Fsp3) is 0. The second-order valence-corrected chi connectivity index (χ2v) is 12.5. The molecule has 212 valence electrons. The van der Waals surface area contributed by atoms with Crippen LogP contribution in [0.15, 0.2) is 170 Å². The smallest absolute Gasteiger partial charge is 0.00141 e. The third-order valence-electron chi connectivity index (χ3n) is 9.98. The Morgan fingerprint density at radius 3 is 1.48 bits per heavy atom. The molecule has 10 rings (SSSR count). The van der Waals surface area contributed by atoms with Crippen molar-refractivity contribution in [2.24, 2.45) is 0 Å². The zero-order valence-corrected chi connectivity index (χ0v) is 25.2. The first-order valence-electron chi connectivity index (χ1n) is 16.0. The Balaban J connectivity index is 1.34. The van der Waals surface area contributed by atoms with Crippen LogP contribution < -0.4 is 0 Å². The lowest BCUT2D eigenvalue weighted by Gasteiger charge is -2.20. The van der Waals surface area contributed by atoms with E-state index in [2.05, 4.69) is 170 Å². The highest BCUT2D eigenvalue weighted by molar-refractivity contribution is 6.30. The molecule has 46 heavy (non-hydrogen) atoms. The van der Waals surface area contributed by atoms with Gasteiger partial charge in [-0.25, -0.2) is 0 Å². The standard InChI is InChI=1S/C46H28/c1-3-11-33-26-35(18-16-29(33)8-1)38-22-20-32-21-23-41-43(36-19-17-30-9-2-4-12-34(30)27-36)28-44(42-25-24-40(38)45(32)46(41)42)39-15-7-13-31-10-5-6-14-37(31)39/h1-28H. The fourth-order valence-corrected chi connectivity index (χ4v) is 7.78. The third-order valence-corrected chi connectivity index (χ3v) is 9.98. The average Bonchev–Trinajstić information content (AvgIpc) is 3.13. The molecule has 0 heteroatoms. The van der Waals surface area contributed by atoms with Gasteiger partial charge in [0.25, 0.3) is 0 Å². The van der Waals surface area contributed by atoms with E-state index in [1.54, 1.807) is 0 Å². The van der Waals surface area contributed by atoms with E-state index in [1.807, 2.05) is 0 Å². The van der Waals surface area contributed by atoms with E-state index in [0.717, 1.165) is 0 Å². The summed E-state index contributed by atoms with van der Waals surface area (Å²) in [7, 11) is 0. The molecule has 0 aromatic heterocycles. The molecule has 0 saturated carbocycles. The van der Waals surface area contributed by atoms with Gasteiger partial charge in [0, 0.05) is 0 Å². The summed E-state index contributed by atoms with van der Waals surface area (Å²) in [5.41, 5.74) is 7.58. The molecule has 0 saturated heterocycles. The molecule has 0 atom stereocenters. The van der Waals surface area contributed by atoms with Gasteiger partial charge >= 0.3 is 0 Å². The summed E-state index contributed by atoms with van der Waals surface area (Å²) >= 11 is 0. The summed E-state index contributed by atoms with van der Waals surface area (Å²) in [6.45, 7) is 0. The van der Waals surface area contributed by atoms with Gasteiger partial charge in [-0.1, -0.05) is 152 Å². The van der Waals surface area contributed by atoms with E-state index >= 15 is 0 Å². The molecule has 0 heterocycles. The molecule has 0 radical (unpaired) electrons. The minimum Gasteiger partial charge on any atom is -0.0616 e. The number of fused-ring (bicyclic) bond motifs is 3. The lowest BCUT2D eigenvalue weighted by atomic mass is 9.83. The van der Waals surface area contributed by atoms with Gasteiger partial charge in [0.15, 0.2) is 0 Å². The van der Waals surface area contributed by atoms with E-state index in [-0.39, 0.29) is 0 Å². The minimum absolute atomic E-state index is 1.24. The van der Waals surface area contributed by atoms with Crippen LogP contribution in [0.2, 0.25) is 0 Å². The number of hydrogen-bond acceptors (Lipinski definition) is 0. The van der Waals surface area contributed by atoms with Crippen molar-refractivity contribution >= 4 is 64.6 Å². The monoisotopic (exact) mass is 580 g/mol. The Bertz CT molecular complexity index is 2790. The first-order valence-corrected chi connectivity index (χ1v) is 16.0. The van der Waals surface area contributed by atoms with Gasteiger partial charge in [0.1, 0.15) is 0 Å². The van der Waals surface area contributed by atoms with E-state index in [1.165, 1.54) is 98.0 Å². The maximum atomic E-state index is 2.44. The van der Waals surface area contributed by atoms with Gasteiger partial charge in [-0.2, -0.15) is 0 Å². The van der Waals surface area contributed by atoms with E-state index in [9.17, 15) is 0 Å². The van der Waals surface area contributed by atoms with Crippen molar-refractivity contribution in [3.63, 3.8) is 0 Å². The molecule has 0 unspecified atom stereocenters. The van der Waals surface area contributed by atoms with Crippen molar-refractivity contribution in [2.75, 3.05) is 0 Å². The predicted octanol–water partition coefficient (Wildman–Crippen LogP) is 13.0. The molecule has 10 aromatic rings. The van der Waals surface area contributed by atoms with E-state index in [0.29, 0.717) is 0 Å². The first-order chi connectivity index (χ1) is 22.8. The van der Waals surface area contributed by atoms with Crippen LogP contribution in [-0.2, 0) is 0 Å². The van der Waals surface area contributed by atoms with Crippen molar-refractivity contribution < 1.29 is 0 Å².